The molecule has 0 saturated heterocycles. The molecule has 0 aliphatic carbocycles. The maximum absolute atomic E-state index is 13.4. The Kier molecular flexibility index (Phi) is 6.94. The molecule has 6 heteroatoms. The van der Waals surface area contributed by atoms with E-state index in [2.05, 4.69) is 13.8 Å². The van der Waals surface area contributed by atoms with E-state index in [0.29, 0.717) is 23.2 Å². The summed E-state index contributed by atoms with van der Waals surface area (Å²) in [6.07, 6.45) is 0.926. The van der Waals surface area contributed by atoms with Gasteiger partial charge in [0.25, 0.3) is 5.91 Å². The third-order valence-corrected chi connectivity index (χ3v) is 6.50. The van der Waals surface area contributed by atoms with Gasteiger partial charge in [-0.3, -0.25) is 9.59 Å². The van der Waals surface area contributed by atoms with Crippen LogP contribution >= 0.6 is 11.3 Å². The number of amides is 1. The molecule has 1 unspecified atom stereocenters. The topological polar surface area (TPSA) is 66.8 Å². The monoisotopic (exact) mass is 461 g/mol. The summed E-state index contributed by atoms with van der Waals surface area (Å²) in [5.41, 5.74) is 1.75. The lowest BCUT2D eigenvalue weighted by molar-refractivity contribution is -0.130. The summed E-state index contributed by atoms with van der Waals surface area (Å²) in [6.45, 7) is 5.14. The zero-order valence-electron chi connectivity index (χ0n) is 18.7. The lowest BCUT2D eigenvalue weighted by Crippen LogP contribution is -2.30. The molecule has 0 radical (unpaired) electrons. The Morgan fingerprint density at radius 2 is 1.88 bits per heavy atom. The average Bonchev–Trinajstić information content (AvgIpc) is 3.43. The van der Waals surface area contributed by atoms with Crippen molar-refractivity contribution in [2.45, 2.75) is 32.9 Å². The van der Waals surface area contributed by atoms with Gasteiger partial charge in [0.15, 0.2) is 5.76 Å². The van der Waals surface area contributed by atoms with Crippen molar-refractivity contribution in [1.29, 1.82) is 0 Å². The van der Waals surface area contributed by atoms with Crippen LogP contribution in [0.25, 0.3) is 0 Å². The number of ether oxygens (including phenoxy) is 1. The van der Waals surface area contributed by atoms with Gasteiger partial charge in [0.1, 0.15) is 5.75 Å². The first-order chi connectivity index (χ1) is 16.0. The summed E-state index contributed by atoms with van der Waals surface area (Å²) in [4.78, 5) is 28.5. The molecule has 170 valence electrons. The zero-order chi connectivity index (χ0) is 23.4. The van der Waals surface area contributed by atoms with Crippen molar-refractivity contribution in [2.75, 3.05) is 6.61 Å². The SMILES string of the molecule is CC(C)CCOc1cccc(C2C(C(=O)c3cccs3)=C(O)C(=O)N2Cc2ccccc2)c1. The van der Waals surface area contributed by atoms with Gasteiger partial charge in [0.2, 0.25) is 5.78 Å². The van der Waals surface area contributed by atoms with Gasteiger partial charge in [-0.05, 0) is 47.0 Å². The molecule has 1 aromatic heterocycles. The van der Waals surface area contributed by atoms with Crippen molar-refractivity contribution in [3.63, 3.8) is 0 Å². The Morgan fingerprint density at radius 1 is 1.09 bits per heavy atom. The van der Waals surface area contributed by atoms with Gasteiger partial charge in [-0.25, -0.2) is 0 Å². The highest BCUT2D eigenvalue weighted by atomic mass is 32.1. The van der Waals surface area contributed by atoms with Crippen LogP contribution in [0.5, 0.6) is 5.75 Å². The summed E-state index contributed by atoms with van der Waals surface area (Å²) in [5, 5.41) is 12.6. The van der Waals surface area contributed by atoms with Crippen molar-refractivity contribution in [2.24, 2.45) is 5.92 Å². The number of carbonyl (C=O) groups is 2. The number of hydrogen-bond donors (Lipinski definition) is 1. The molecule has 1 aliphatic rings. The first-order valence-electron chi connectivity index (χ1n) is 11.0. The maximum atomic E-state index is 13.4. The number of benzene rings is 2. The van der Waals surface area contributed by atoms with Crippen LogP contribution in [-0.4, -0.2) is 28.3 Å². The number of hydrogen-bond acceptors (Lipinski definition) is 5. The predicted octanol–water partition coefficient (Wildman–Crippen LogP) is 5.95. The second-order valence-electron chi connectivity index (χ2n) is 8.49. The Morgan fingerprint density at radius 3 is 2.58 bits per heavy atom. The van der Waals surface area contributed by atoms with E-state index in [1.807, 2.05) is 60.0 Å². The third kappa shape index (κ3) is 5.01. The summed E-state index contributed by atoms with van der Waals surface area (Å²) in [7, 11) is 0. The highest BCUT2D eigenvalue weighted by Gasteiger charge is 2.44. The second-order valence-corrected chi connectivity index (χ2v) is 9.44. The van der Waals surface area contributed by atoms with Crippen molar-refractivity contribution < 1.29 is 19.4 Å². The molecule has 33 heavy (non-hydrogen) atoms. The van der Waals surface area contributed by atoms with Crippen molar-refractivity contribution in [1.82, 2.24) is 4.90 Å². The van der Waals surface area contributed by atoms with Gasteiger partial charge in [-0.1, -0.05) is 62.4 Å². The molecule has 2 aromatic carbocycles. The molecule has 4 rings (SSSR count). The fourth-order valence-corrected chi connectivity index (χ4v) is 4.58. The standard InChI is InChI=1S/C27H27NO4S/c1-18(2)13-14-32-21-11-6-10-20(16-21)24-23(25(29)22-12-7-15-33-22)26(30)27(31)28(24)17-19-8-4-3-5-9-19/h3-12,15-16,18,24,30H,13-14,17H2,1-2H3. The normalized spacial score (nSPS) is 16.0. The summed E-state index contributed by atoms with van der Waals surface area (Å²) in [5.74, 6) is -0.163. The number of rotatable bonds is 9. The summed E-state index contributed by atoms with van der Waals surface area (Å²) in [6, 6.07) is 19.8. The molecular weight excluding hydrogens is 434 g/mol. The highest BCUT2D eigenvalue weighted by molar-refractivity contribution is 7.12. The molecule has 0 saturated carbocycles. The van der Waals surface area contributed by atoms with Gasteiger partial charge < -0.3 is 14.7 Å². The molecule has 0 spiro atoms. The number of ketones is 1. The number of nitrogens with zero attached hydrogens (tertiary/aromatic N) is 1. The molecule has 1 aliphatic heterocycles. The van der Waals surface area contributed by atoms with Crippen LogP contribution in [0.1, 0.15) is 47.1 Å². The fourth-order valence-electron chi connectivity index (χ4n) is 3.90. The van der Waals surface area contributed by atoms with E-state index in [1.165, 1.54) is 11.3 Å². The molecule has 1 atom stereocenters. The van der Waals surface area contributed by atoms with E-state index < -0.39 is 17.7 Å². The van der Waals surface area contributed by atoms with Crippen LogP contribution in [0, 0.1) is 5.92 Å². The maximum Gasteiger partial charge on any atom is 0.290 e. The Bertz CT molecular complexity index is 1150. The number of carbonyl (C=O) groups excluding carboxylic acids is 2. The van der Waals surface area contributed by atoms with Gasteiger partial charge >= 0.3 is 0 Å². The summed E-state index contributed by atoms with van der Waals surface area (Å²) < 4.78 is 5.93. The minimum Gasteiger partial charge on any atom is -0.503 e. The summed E-state index contributed by atoms with van der Waals surface area (Å²) >= 11 is 1.29. The zero-order valence-corrected chi connectivity index (χ0v) is 19.5. The van der Waals surface area contributed by atoms with Gasteiger partial charge in [0.05, 0.1) is 23.1 Å². The molecule has 5 nitrogen and oxygen atoms in total. The Balaban J connectivity index is 1.72. The molecule has 3 aromatic rings. The van der Waals surface area contributed by atoms with Gasteiger partial charge in [-0.2, -0.15) is 0 Å². The van der Waals surface area contributed by atoms with Crippen LogP contribution in [0.4, 0.5) is 0 Å². The van der Waals surface area contributed by atoms with E-state index in [-0.39, 0.29) is 17.9 Å². The predicted molar refractivity (Wildman–Crippen MR) is 129 cm³/mol. The van der Waals surface area contributed by atoms with E-state index in [9.17, 15) is 14.7 Å². The van der Waals surface area contributed by atoms with E-state index in [4.69, 9.17) is 4.74 Å². The second kappa shape index (κ2) is 10.0. The quantitative estimate of drug-likeness (QED) is 0.400. The molecule has 1 amide bonds. The van der Waals surface area contributed by atoms with Crippen molar-refractivity contribution in [3.8, 4) is 5.75 Å². The number of Topliss-reactive ketones (excluding diaryl/α,β-unsaturated/α-hetero) is 1. The Labute approximate surface area is 197 Å². The largest absolute Gasteiger partial charge is 0.503 e. The van der Waals surface area contributed by atoms with E-state index >= 15 is 0 Å². The first kappa shape index (κ1) is 22.8. The Hall–Kier alpha value is -3.38. The number of thiophene rings is 1. The first-order valence-corrected chi connectivity index (χ1v) is 11.9. The van der Waals surface area contributed by atoms with Crippen LogP contribution < -0.4 is 4.74 Å². The van der Waals surface area contributed by atoms with Crippen LogP contribution in [0.2, 0.25) is 0 Å². The number of aliphatic hydroxyl groups is 1. The van der Waals surface area contributed by atoms with E-state index in [1.54, 1.807) is 17.0 Å². The molecule has 0 fully saturated rings. The van der Waals surface area contributed by atoms with Crippen LogP contribution in [-0.2, 0) is 11.3 Å². The smallest absolute Gasteiger partial charge is 0.290 e. The van der Waals surface area contributed by atoms with Gasteiger partial charge in [0, 0.05) is 6.54 Å². The molecule has 2 heterocycles. The van der Waals surface area contributed by atoms with E-state index in [0.717, 1.165) is 17.5 Å². The lowest BCUT2D eigenvalue weighted by Gasteiger charge is -2.27. The lowest BCUT2D eigenvalue weighted by atomic mass is 9.95. The van der Waals surface area contributed by atoms with Crippen molar-refractivity contribution in [3.05, 3.63) is 99.4 Å². The molecule has 0 bridgehead atoms. The van der Waals surface area contributed by atoms with Crippen LogP contribution in [0.3, 0.4) is 0 Å². The third-order valence-electron chi connectivity index (χ3n) is 5.63. The fraction of sp³-hybridized carbons (Fsp3) is 0.259. The minimum atomic E-state index is -0.707. The number of aliphatic hydroxyl groups excluding tert-OH is 1. The van der Waals surface area contributed by atoms with Gasteiger partial charge in [-0.15, -0.1) is 11.3 Å². The van der Waals surface area contributed by atoms with Crippen LogP contribution in [0.15, 0.2) is 83.4 Å². The molecular formula is C27H27NO4S. The highest BCUT2D eigenvalue weighted by Crippen LogP contribution is 2.41. The average molecular weight is 462 g/mol. The minimum absolute atomic E-state index is 0.109. The molecule has 1 N–H and O–H groups in total. The van der Waals surface area contributed by atoms with Crippen molar-refractivity contribution >= 4 is 23.0 Å².